The Morgan fingerprint density at radius 3 is 2.32 bits per heavy atom. The van der Waals surface area contributed by atoms with Crippen molar-refractivity contribution in [1.82, 2.24) is 0 Å². The van der Waals surface area contributed by atoms with Gasteiger partial charge in [0, 0.05) is 5.56 Å². The van der Waals surface area contributed by atoms with Gasteiger partial charge in [0.2, 0.25) is 0 Å². The first-order chi connectivity index (χ1) is 8.72. The molecule has 0 saturated carbocycles. The maximum absolute atomic E-state index is 12.7. The summed E-state index contributed by atoms with van der Waals surface area (Å²) in [5.74, 6) is -1.10. The number of nitriles is 1. The highest BCUT2D eigenvalue weighted by molar-refractivity contribution is 5.90. The maximum Gasteiger partial charge on any atom is 0.418 e. The fourth-order valence-corrected chi connectivity index (χ4v) is 1.48. The third-order valence-electron chi connectivity index (χ3n) is 2.23. The summed E-state index contributed by atoms with van der Waals surface area (Å²) in [6.45, 7) is 0. The molecule has 0 amide bonds. The minimum Gasteiger partial charge on any atom is -0.465 e. The SMILES string of the molecule is COC(=O)c1cc(C#N)c(C(F)(F)F)c(C(F)F)c1. The summed E-state index contributed by atoms with van der Waals surface area (Å²) in [5, 5.41) is 8.62. The normalized spacial score (nSPS) is 11.3. The fraction of sp³-hybridized carbons (Fsp3) is 0.273. The maximum atomic E-state index is 12.7. The van der Waals surface area contributed by atoms with E-state index in [0.717, 1.165) is 13.2 Å². The van der Waals surface area contributed by atoms with Crippen LogP contribution in [-0.2, 0) is 10.9 Å². The molecule has 8 heteroatoms. The van der Waals surface area contributed by atoms with E-state index in [4.69, 9.17) is 5.26 Å². The Morgan fingerprint density at radius 2 is 1.95 bits per heavy atom. The fourth-order valence-electron chi connectivity index (χ4n) is 1.48. The second kappa shape index (κ2) is 5.22. The van der Waals surface area contributed by atoms with Gasteiger partial charge in [0.1, 0.15) is 0 Å². The molecule has 0 fully saturated rings. The van der Waals surface area contributed by atoms with Crippen molar-refractivity contribution < 1.29 is 31.5 Å². The molecule has 1 rings (SSSR count). The third kappa shape index (κ3) is 2.99. The molecule has 0 atom stereocenters. The number of hydrogen-bond acceptors (Lipinski definition) is 3. The number of benzene rings is 1. The average molecular weight is 279 g/mol. The zero-order valence-electron chi connectivity index (χ0n) is 9.39. The highest BCUT2D eigenvalue weighted by Gasteiger charge is 2.39. The van der Waals surface area contributed by atoms with Crippen molar-refractivity contribution >= 4 is 5.97 Å². The number of rotatable bonds is 2. The summed E-state index contributed by atoms with van der Waals surface area (Å²) < 4.78 is 67.6. The highest BCUT2D eigenvalue weighted by Crippen LogP contribution is 2.39. The molecule has 1 aromatic rings. The molecule has 0 spiro atoms. The van der Waals surface area contributed by atoms with Crippen LogP contribution in [0, 0.1) is 11.3 Å². The topological polar surface area (TPSA) is 50.1 Å². The summed E-state index contributed by atoms with van der Waals surface area (Å²) in [6, 6.07) is 2.10. The number of carbonyl (C=O) groups is 1. The highest BCUT2D eigenvalue weighted by atomic mass is 19.4. The summed E-state index contributed by atoms with van der Waals surface area (Å²) >= 11 is 0. The van der Waals surface area contributed by atoms with E-state index in [9.17, 15) is 26.7 Å². The minimum absolute atomic E-state index is 0.375. The van der Waals surface area contributed by atoms with Gasteiger partial charge in [0.05, 0.1) is 29.9 Å². The molecule has 0 bridgehead atoms. The monoisotopic (exact) mass is 279 g/mol. The second-order valence-electron chi connectivity index (χ2n) is 3.39. The Balaban J connectivity index is 3.65. The van der Waals surface area contributed by atoms with Crippen LogP contribution in [0.2, 0.25) is 0 Å². The molecular formula is C11H6F5NO2. The Hall–Kier alpha value is -2.17. The summed E-state index contributed by atoms with van der Waals surface area (Å²) in [7, 11) is 0.939. The molecule has 0 radical (unpaired) electrons. The Labute approximate surface area is 104 Å². The number of carbonyl (C=O) groups excluding carboxylic acids is 1. The molecular weight excluding hydrogens is 273 g/mol. The molecule has 3 nitrogen and oxygen atoms in total. The van der Waals surface area contributed by atoms with Gasteiger partial charge in [-0.3, -0.25) is 0 Å². The van der Waals surface area contributed by atoms with E-state index in [1.165, 1.54) is 0 Å². The van der Waals surface area contributed by atoms with Crippen molar-refractivity contribution in [3.8, 4) is 6.07 Å². The first-order valence-electron chi connectivity index (χ1n) is 4.74. The molecule has 0 N–H and O–H groups in total. The van der Waals surface area contributed by atoms with Gasteiger partial charge in [0.15, 0.2) is 0 Å². The predicted molar refractivity (Wildman–Crippen MR) is 52.5 cm³/mol. The lowest BCUT2D eigenvalue weighted by Gasteiger charge is -2.15. The number of esters is 1. The molecule has 102 valence electrons. The smallest absolute Gasteiger partial charge is 0.418 e. The number of alkyl halides is 5. The Kier molecular flexibility index (Phi) is 4.09. The van der Waals surface area contributed by atoms with Crippen molar-refractivity contribution in [3.05, 3.63) is 34.4 Å². The van der Waals surface area contributed by atoms with E-state index in [1.807, 2.05) is 0 Å². The first kappa shape index (κ1) is 14.9. The van der Waals surface area contributed by atoms with E-state index in [2.05, 4.69) is 4.74 Å². The van der Waals surface area contributed by atoms with Gasteiger partial charge >= 0.3 is 12.1 Å². The average Bonchev–Trinajstić information content (AvgIpc) is 2.34. The molecule has 0 aliphatic heterocycles. The molecule has 0 heterocycles. The van der Waals surface area contributed by atoms with E-state index in [-0.39, 0.29) is 0 Å². The van der Waals surface area contributed by atoms with E-state index in [0.29, 0.717) is 12.1 Å². The van der Waals surface area contributed by atoms with Crippen molar-refractivity contribution in [1.29, 1.82) is 5.26 Å². The number of halogens is 5. The van der Waals surface area contributed by atoms with Gasteiger partial charge in [-0.2, -0.15) is 18.4 Å². The van der Waals surface area contributed by atoms with E-state index < -0.39 is 40.8 Å². The molecule has 1 aromatic carbocycles. The standard InChI is InChI=1S/C11H6F5NO2/c1-19-10(18)5-2-6(4-17)8(11(14,15)16)7(3-5)9(12)13/h2-3,9H,1H3. The molecule has 0 aliphatic rings. The van der Waals surface area contributed by atoms with Crippen LogP contribution in [0.25, 0.3) is 0 Å². The Morgan fingerprint density at radius 1 is 1.37 bits per heavy atom. The van der Waals surface area contributed by atoms with Crippen LogP contribution in [0.5, 0.6) is 0 Å². The van der Waals surface area contributed by atoms with Crippen molar-refractivity contribution in [2.75, 3.05) is 7.11 Å². The zero-order valence-corrected chi connectivity index (χ0v) is 9.39. The second-order valence-corrected chi connectivity index (χ2v) is 3.39. The lowest BCUT2D eigenvalue weighted by atomic mass is 9.97. The van der Waals surface area contributed by atoms with Gasteiger partial charge in [-0.05, 0) is 12.1 Å². The van der Waals surface area contributed by atoms with Gasteiger partial charge in [-0.25, -0.2) is 13.6 Å². The van der Waals surface area contributed by atoms with E-state index >= 15 is 0 Å². The number of hydrogen-bond donors (Lipinski definition) is 0. The van der Waals surface area contributed by atoms with Crippen LogP contribution < -0.4 is 0 Å². The number of ether oxygens (including phenoxy) is 1. The number of nitrogens with zero attached hydrogens (tertiary/aromatic N) is 1. The lowest BCUT2D eigenvalue weighted by Crippen LogP contribution is -2.14. The van der Waals surface area contributed by atoms with Crippen LogP contribution in [-0.4, -0.2) is 13.1 Å². The predicted octanol–water partition coefficient (Wildman–Crippen LogP) is 3.30. The van der Waals surface area contributed by atoms with Crippen LogP contribution >= 0.6 is 0 Å². The zero-order chi connectivity index (χ0) is 14.8. The van der Waals surface area contributed by atoms with Crippen LogP contribution in [0.1, 0.15) is 33.5 Å². The van der Waals surface area contributed by atoms with Gasteiger partial charge in [-0.15, -0.1) is 0 Å². The minimum atomic E-state index is -5.12. The van der Waals surface area contributed by atoms with Gasteiger partial charge in [0.25, 0.3) is 6.43 Å². The first-order valence-corrected chi connectivity index (χ1v) is 4.74. The van der Waals surface area contributed by atoms with Crippen molar-refractivity contribution in [2.45, 2.75) is 12.6 Å². The summed E-state index contributed by atoms with van der Waals surface area (Å²) in [5.41, 5.74) is -4.75. The van der Waals surface area contributed by atoms with Crippen molar-refractivity contribution in [3.63, 3.8) is 0 Å². The summed E-state index contributed by atoms with van der Waals surface area (Å²) in [6.07, 6.45) is -8.60. The van der Waals surface area contributed by atoms with Crippen molar-refractivity contribution in [2.24, 2.45) is 0 Å². The lowest BCUT2D eigenvalue weighted by molar-refractivity contribution is -0.139. The molecule has 0 saturated heterocycles. The summed E-state index contributed by atoms with van der Waals surface area (Å²) in [4.78, 5) is 11.2. The molecule has 0 unspecified atom stereocenters. The molecule has 0 aliphatic carbocycles. The van der Waals surface area contributed by atoms with Crippen LogP contribution in [0.15, 0.2) is 12.1 Å². The quantitative estimate of drug-likeness (QED) is 0.616. The van der Waals surface area contributed by atoms with Gasteiger partial charge in [-0.1, -0.05) is 0 Å². The van der Waals surface area contributed by atoms with Crippen LogP contribution in [0.3, 0.4) is 0 Å². The van der Waals surface area contributed by atoms with Gasteiger partial charge < -0.3 is 4.74 Å². The van der Waals surface area contributed by atoms with E-state index in [1.54, 1.807) is 0 Å². The number of methoxy groups -OCH3 is 1. The largest absolute Gasteiger partial charge is 0.465 e. The third-order valence-corrected chi connectivity index (χ3v) is 2.23. The molecule has 19 heavy (non-hydrogen) atoms. The Bertz CT molecular complexity index is 545. The molecule has 0 aromatic heterocycles. The van der Waals surface area contributed by atoms with Crippen LogP contribution in [0.4, 0.5) is 22.0 Å².